The third kappa shape index (κ3) is 9.46. The van der Waals surface area contributed by atoms with Gasteiger partial charge >= 0.3 is 11.9 Å². The van der Waals surface area contributed by atoms with Crippen LogP contribution in [0, 0.1) is 11.6 Å². The second-order valence-electron chi connectivity index (χ2n) is 15.6. The number of hydrogen-bond donors (Lipinski definition) is 4. The first-order valence-corrected chi connectivity index (χ1v) is 20.2. The van der Waals surface area contributed by atoms with Crippen molar-refractivity contribution in [3.8, 4) is 56.8 Å². The molecule has 8 N–H and O–H groups in total. The third-order valence-corrected chi connectivity index (χ3v) is 11.1. The van der Waals surface area contributed by atoms with Gasteiger partial charge in [0.2, 0.25) is 11.9 Å². The molecule has 8 rings (SSSR count). The van der Waals surface area contributed by atoms with Crippen LogP contribution in [0.4, 0.5) is 32.3 Å². The molecule has 0 aliphatic carbocycles. The Balaban J connectivity index is 1.10. The second-order valence-corrected chi connectivity index (χ2v) is 15.6. The Labute approximate surface area is 360 Å². The van der Waals surface area contributed by atoms with E-state index in [0.29, 0.717) is 11.4 Å². The predicted octanol–water partition coefficient (Wildman–Crippen LogP) is 4.64. The first kappa shape index (κ1) is 42.4. The van der Waals surface area contributed by atoms with Crippen LogP contribution in [0.15, 0.2) is 60.9 Å². The standard InChI is InChI=1S/C43H44F2N14O4/c1-58-15-9-22(10-16-58)28-19-30(56-42(48)54-28)38-32(5-3-26(52-38)24-7-13-50-40(46)36(24)44)62-34(60)21-35(61)63-33-6-4-27(25-8-14-51-41(47)37(25)45)53-39(33)31-20-29(55-43(49)57-31)23-11-17-59(2)18-12-23/h3-8,13-14,19-20,22-23H,9-12,15-18,21H2,1-2H3,(H2,46,50)(H2,47,51)(H2,48,54,56)(H2,49,55,57). The van der Waals surface area contributed by atoms with E-state index in [0.717, 1.165) is 51.9 Å². The molecular weight excluding hydrogens is 815 g/mol. The third-order valence-electron chi connectivity index (χ3n) is 11.1. The summed E-state index contributed by atoms with van der Waals surface area (Å²) in [7, 11) is 4.09. The van der Waals surface area contributed by atoms with E-state index in [9.17, 15) is 9.59 Å². The van der Waals surface area contributed by atoms with Gasteiger partial charge in [0.05, 0.1) is 22.8 Å². The molecule has 0 unspecified atom stereocenters. The second kappa shape index (κ2) is 18.0. The number of pyridine rings is 4. The highest BCUT2D eigenvalue weighted by Crippen LogP contribution is 2.37. The highest BCUT2D eigenvalue weighted by molar-refractivity contribution is 5.94. The molecule has 2 aliphatic heterocycles. The highest BCUT2D eigenvalue weighted by atomic mass is 19.1. The smallest absolute Gasteiger partial charge is 0.322 e. The van der Waals surface area contributed by atoms with E-state index in [-0.39, 0.29) is 92.2 Å². The molecule has 6 aromatic heterocycles. The van der Waals surface area contributed by atoms with Crippen molar-refractivity contribution in [2.45, 2.75) is 43.9 Å². The van der Waals surface area contributed by atoms with Crippen LogP contribution in [0.3, 0.4) is 0 Å². The number of rotatable bonds is 10. The number of nitrogen functional groups attached to an aromatic ring is 4. The van der Waals surface area contributed by atoms with Crippen LogP contribution in [-0.4, -0.2) is 102 Å². The van der Waals surface area contributed by atoms with Gasteiger partial charge in [0.25, 0.3) is 0 Å². The summed E-state index contributed by atoms with van der Waals surface area (Å²) in [5.41, 5.74) is 26.1. The monoisotopic (exact) mass is 858 g/mol. The van der Waals surface area contributed by atoms with E-state index in [1.165, 1.54) is 48.8 Å². The van der Waals surface area contributed by atoms with E-state index < -0.39 is 30.0 Å². The van der Waals surface area contributed by atoms with Crippen molar-refractivity contribution < 1.29 is 27.8 Å². The van der Waals surface area contributed by atoms with Crippen LogP contribution in [0.1, 0.15) is 55.3 Å². The van der Waals surface area contributed by atoms with Crippen LogP contribution >= 0.6 is 0 Å². The van der Waals surface area contributed by atoms with Gasteiger partial charge in [-0.2, -0.15) is 0 Å². The number of nitrogens with zero attached hydrogens (tertiary/aromatic N) is 10. The molecule has 2 aliphatic rings. The molecule has 2 fully saturated rings. The van der Waals surface area contributed by atoms with Gasteiger partial charge in [0, 0.05) is 46.7 Å². The lowest BCUT2D eigenvalue weighted by molar-refractivity contribution is -0.144. The maximum atomic E-state index is 15.2. The Morgan fingerprint density at radius 2 is 0.984 bits per heavy atom. The first-order valence-electron chi connectivity index (χ1n) is 20.2. The summed E-state index contributed by atoms with van der Waals surface area (Å²) >= 11 is 0. The molecule has 8 heterocycles. The average molecular weight is 859 g/mol. The summed E-state index contributed by atoms with van der Waals surface area (Å²) in [5, 5.41) is 0. The molecule has 6 aromatic rings. The normalized spacial score (nSPS) is 15.3. The summed E-state index contributed by atoms with van der Waals surface area (Å²) < 4.78 is 41.9. The van der Waals surface area contributed by atoms with Crippen molar-refractivity contribution in [2.75, 3.05) is 63.2 Å². The van der Waals surface area contributed by atoms with Crippen molar-refractivity contribution in [3.63, 3.8) is 0 Å². The maximum Gasteiger partial charge on any atom is 0.322 e. The Bertz CT molecular complexity index is 2530. The lowest BCUT2D eigenvalue weighted by atomic mass is 9.93. The number of nitrogens with two attached hydrogens (primary N) is 4. The lowest BCUT2D eigenvalue weighted by Crippen LogP contribution is -2.29. The largest absolute Gasteiger partial charge is 0.424 e. The topological polar surface area (TPSA) is 266 Å². The minimum atomic E-state index is -1.02. The van der Waals surface area contributed by atoms with E-state index in [1.807, 2.05) is 14.1 Å². The number of piperidine rings is 2. The van der Waals surface area contributed by atoms with Crippen LogP contribution in [0.5, 0.6) is 11.5 Å². The summed E-state index contributed by atoms with van der Waals surface area (Å²) in [6, 6.07) is 11.9. The molecule has 0 atom stereocenters. The number of halogens is 2. The molecule has 2 saturated heterocycles. The quantitative estimate of drug-likeness (QED) is 0.108. The summed E-state index contributed by atoms with van der Waals surface area (Å²) in [6.45, 7) is 3.41. The van der Waals surface area contributed by atoms with E-state index in [2.05, 4.69) is 49.7 Å². The van der Waals surface area contributed by atoms with Crippen molar-refractivity contribution in [2.24, 2.45) is 0 Å². The van der Waals surface area contributed by atoms with Crippen molar-refractivity contribution in [1.82, 2.24) is 49.7 Å². The van der Waals surface area contributed by atoms with Crippen LogP contribution in [0.25, 0.3) is 45.3 Å². The SMILES string of the molecule is CN1CCC(c2cc(-c3nc(-c4ccnc(N)c4F)ccc3OC(=O)CC(=O)Oc3ccc(-c4ccnc(N)c4F)nc3-c3cc(C4CCN(C)CC4)nc(N)n3)nc(N)n2)CC1. The Hall–Kier alpha value is -7.32. The highest BCUT2D eigenvalue weighted by Gasteiger charge is 2.27. The molecule has 0 saturated carbocycles. The average Bonchev–Trinajstić information content (AvgIpc) is 3.26. The zero-order valence-electron chi connectivity index (χ0n) is 34.5. The van der Waals surface area contributed by atoms with Crippen LogP contribution in [0.2, 0.25) is 0 Å². The number of ether oxygens (including phenoxy) is 2. The zero-order valence-corrected chi connectivity index (χ0v) is 34.5. The molecule has 18 nitrogen and oxygen atoms in total. The number of anilines is 4. The van der Waals surface area contributed by atoms with Crippen molar-refractivity contribution >= 4 is 35.5 Å². The fraction of sp³-hybridized carbons (Fsp3) is 0.302. The van der Waals surface area contributed by atoms with Gasteiger partial charge < -0.3 is 42.2 Å². The molecule has 0 spiro atoms. The van der Waals surface area contributed by atoms with Gasteiger partial charge in [-0.3, -0.25) is 9.59 Å². The van der Waals surface area contributed by atoms with Crippen molar-refractivity contribution in [3.05, 3.63) is 83.9 Å². The number of likely N-dealkylation sites (tertiary alicyclic amines) is 2. The summed E-state index contributed by atoms with van der Waals surface area (Å²) in [4.78, 5) is 66.4. The Kier molecular flexibility index (Phi) is 12.1. The fourth-order valence-corrected chi connectivity index (χ4v) is 7.72. The Morgan fingerprint density at radius 3 is 1.38 bits per heavy atom. The molecule has 324 valence electrons. The molecular formula is C43H44F2N14O4. The lowest BCUT2D eigenvalue weighted by Gasteiger charge is -2.28. The summed E-state index contributed by atoms with van der Waals surface area (Å²) in [5.74, 6) is -4.44. The summed E-state index contributed by atoms with van der Waals surface area (Å²) in [6.07, 6.45) is 5.09. The Morgan fingerprint density at radius 1 is 0.587 bits per heavy atom. The van der Waals surface area contributed by atoms with Gasteiger partial charge in [0.15, 0.2) is 34.8 Å². The molecule has 63 heavy (non-hydrogen) atoms. The maximum absolute atomic E-state index is 15.2. The number of esters is 2. The number of carbonyl (C=O) groups excluding carboxylic acids is 2. The zero-order chi connectivity index (χ0) is 44.4. The number of aromatic nitrogens is 8. The predicted molar refractivity (Wildman–Crippen MR) is 229 cm³/mol. The molecule has 0 radical (unpaired) electrons. The van der Waals surface area contributed by atoms with E-state index in [1.54, 1.807) is 12.1 Å². The molecule has 0 aromatic carbocycles. The molecule has 20 heteroatoms. The van der Waals surface area contributed by atoms with E-state index in [4.69, 9.17) is 32.4 Å². The van der Waals surface area contributed by atoms with Crippen molar-refractivity contribution in [1.29, 1.82) is 0 Å². The van der Waals surface area contributed by atoms with E-state index >= 15 is 8.78 Å². The van der Waals surface area contributed by atoms with Crippen LogP contribution < -0.4 is 32.4 Å². The first-order chi connectivity index (χ1) is 30.3. The minimum Gasteiger partial charge on any atom is -0.424 e. The van der Waals surface area contributed by atoms with Gasteiger partial charge in [0.1, 0.15) is 17.8 Å². The van der Waals surface area contributed by atoms with Gasteiger partial charge in [-0.25, -0.2) is 48.7 Å². The fourth-order valence-electron chi connectivity index (χ4n) is 7.72. The van der Waals surface area contributed by atoms with Crippen LogP contribution in [-0.2, 0) is 9.59 Å². The van der Waals surface area contributed by atoms with Gasteiger partial charge in [-0.05, 0) is 114 Å². The minimum absolute atomic E-state index is 0.0279. The van der Waals surface area contributed by atoms with Gasteiger partial charge in [-0.15, -0.1) is 0 Å². The molecule has 0 bridgehead atoms. The number of hydrogen-bond acceptors (Lipinski definition) is 18. The van der Waals surface area contributed by atoms with Gasteiger partial charge in [-0.1, -0.05) is 0 Å². The molecule has 0 amide bonds. The number of carbonyl (C=O) groups is 2.